The molecule has 0 aliphatic carbocycles. The van der Waals surface area contributed by atoms with Crippen molar-refractivity contribution in [1.29, 1.82) is 0 Å². The van der Waals surface area contributed by atoms with Gasteiger partial charge in [0.15, 0.2) is 11.6 Å². The number of anilines is 1. The molecule has 0 atom stereocenters. The number of hydrogen-bond acceptors (Lipinski definition) is 9. The molecule has 15 heteroatoms. The van der Waals surface area contributed by atoms with E-state index in [-0.39, 0.29) is 34.7 Å². The molecule has 4 aromatic rings. The maximum absolute atomic E-state index is 15.4. The summed E-state index contributed by atoms with van der Waals surface area (Å²) in [4.78, 5) is 64.7. The number of amides is 2. The maximum Gasteiger partial charge on any atom is 0.410 e. The van der Waals surface area contributed by atoms with Gasteiger partial charge in [0.1, 0.15) is 23.3 Å². The first-order valence-corrected chi connectivity index (χ1v) is 16.6. The Kier molecular flexibility index (Phi) is 9.75. The van der Waals surface area contributed by atoms with Crippen molar-refractivity contribution in [2.75, 3.05) is 31.5 Å². The van der Waals surface area contributed by atoms with Crippen LogP contribution < -0.4 is 21.3 Å². The topological polar surface area (TPSA) is 141 Å². The minimum atomic E-state index is -0.913. The number of fused-ring (bicyclic) bond motifs is 1. The fourth-order valence-electron chi connectivity index (χ4n) is 6.03. The summed E-state index contributed by atoms with van der Waals surface area (Å²) in [5, 5.41) is 2.52. The minimum absolute atomic E-state index is 0.0430. The van der Waals surface area contributed by atoms with E-state index in [1.165, 1.54) is 35.2 Å². The summed E-state index contributed by atoms with van der Waals surface area (Å²) in [7, 11) is 0. The van der Waals surface area contributed by atoms with Crippen LogP contribution in [0.1, 0.15) is 62.3 Å². The summed E-state index contributed by atoms with van der Waals surface area (Å²) in [6, 6.07) is 8.13. The van der Waals surface area contributed by atoms with Gasteiger partial charge in [0, 0.05) is 68.2 Å². The maximum atomic E-state index is 15.4. The van der Waals surface area contributed by atoms with Crippen molar-refractivity contribution >= 4 is 17.7 Å². The van der Waals surface area contributed by atoms with Crippen LogP contribution in [0.25, 0.3) is 5.69 Å². The standard InChI is InChI=1S/C36H39F2N7O6/c1-21(2)44-18-27(33(47)45(34(44)48)25-9-6-23(37)7-10-25)31(46)41-24-8-11-30(28(38)14-24)50-32-26-12-13-42(19-29(26)39-20-40-32)15-22-16-43(17-22)35(49)51-36(3,4)5/h6-11,14,18,20-22H,12-13,15-17,19H2,1-5H3,(H,41,46). The number of rotatable bonds is 8. The zero-order chi connectivity index (χ0) is 36.6. The molecule has 0 bridgehead atoms. The molecule has 13 nitrogen and oxygen atoms in total. The third-order valence-electron chi connectivity index (χ3n) is 8.57. The number of carbonyl (C=O) groups excluding carboxylic acids is 2. The quantitative estimate of drug-likeness (QED) is 0.271. The highest BCUT2D eigenvalue weighted by Crippen LogP contribution is 2.32. The number of carbonyl (C=O) groups is 2. The van der Waals surface area contributed by atoms with E-state index in [0.717, 1.165) is 46.8 Å². The normalized spacial score (nSPS) is 14.9. The summed E-state index contributed by atoms with van der Waals surface area (Å²) in [5.41, 5.74) is -0.842. The van der Waals surface area contributed by atoms with Gasteiger partial charge in [-0.15, -0.1) is 0 Å². The molecule has 0 saturated carbocycles. The number of halogens is 2. The van der Waals surface area contributed by atoms with Crippen molar-refractivity contribution in [1.82, 2.24) is 28.9 Å². The molecular weight excluding hydrogens is 664 g/mol. The molecule has 6 rings (SSSR count). The molecule has 2 aliphatic rings. The fraction of sp³-hybridized carbons (Fsp3) is 0.389. The van der Waals surface area contributed by atoms with Gasteiger partial charge in [0.05, 0.1) is 11.4 Å². The Balaban J connectivity index is 1.12. The van der Waals surface area contributed by atoms with E-state index in [4.69, 9.17) is 9.47 Å². The lowest BCUT2D eigenvalue weighted by Crippen LogP contribution is -2.55. The third-order valence-corrected chi connectivity index (χ3v) is 8.57. The van der Waals surface area contributed by atoms with Crippen LogP contribution in [-0.2, 0) is 17.7 Å². The number of nitrogens with one attached hydrogen (secondary N) is 1. The Labute approximate surface area is 292 Å². The predicted molar refractivity (Wildman–Crippen MR) is 183 cm³/mol. The first-order valence-electron chi connectivity index (χ1n) is 16.6. The average Bonchev–Trinajstić information content (AvgIpc) is 3.03. The van der Waals surface area contributed by atoms with Crippen LogP contribution in [0.3, 0.4) is 0 Å². The molecular formula is C36H39F2N7O6. The van der Waals surface area contributed by atoms with Gasteiger partial charge in [-0.2, -0.15) is 0 Å². The molecule has 51 heavy (non-hydrogen) atoms. The molecule has 2 aromatic carbocycles. The Morgan fingerprint density at radius 3 is 2.43 bits per heavy atom. The number of hydrogen-bond donors (Lipinski definition) is 1. The fourth-order valence-corrected chi connectivity index (χ4v) is 6.03. The SMILES string of the molecule is CC(C)n1cc(C(=O)Nc2ccc(Oc3ncnc4c3CCN(CC3CN(C(=O)OC(C)(C)C)C3)C4)c(F)c2)c(=O)n(-c2ccc(F)cc2)c1=O. The Morgan fingerprint density at radius 2 is 1.76 bits per heavy atom. The number of nitrogens with zero attached hydrogens (tertiary/aromatic N) is 6. The van der Waals surface area contributed by atoms with Crippen molar-refractivity contribution in [2.24, 2.45) is 5.92 Å². The first-order chi connectivity index (χ1) is 24.2. The van der Waals surface area contributed by atoms with Crippen LogP contribution in [0.2, 0.25) is 0 Å². The number of ether oxygens (including phenoxy) is 2. The van der Waals surface area contributed by atoms with E-state index < -0.39 is 40.4 Å². The van der Waals surface area contributed by atoms with E-state index in [1.54, 1.807) is 18.7 Å². The van der Waals surface area contributed by atoms with Gasteiger partial charge in [-0.1, -0.05) is 0 Å². The van der Waals surface area contributed by atoms with Gasteiger partial charge in [0.25, 0.3) is 11.5 Å². The van der Waals surface area contributed by atoms with Crippen molar-refractivity contribution in [3.8, 4) is 17.3 Å². The van der Waals surface area contributed by atoms with Crippen molar-refractivity contribution in [3.63, 3.8) is 0 Å². The van der Waals surface area contributed by atoms with E-state index in [1.807, 2.05) is 20.8 Å². The monoisotopic (exact) mass is 703 g/mol. The Morgan fingerprint density at radius 1 is 1.04 bits per heavy atom. The number of aromatic nitrogens is 4. The lowest BCUT2D eigenvalue weighted by molar-refractivity contribution is -0.00718. The van der Waals surface area contributed by atoms with Gasteiger partial charge < -0.3 is 19.7 Å². The molecule has 268 valence electrons. The highest BCUT2D eigenvalue weighted by Gasteiger charge is 2.35. The zero-order valence-electron chi connectivity index (χ0n) is 29.0. The predicted octanol–water partition coefficient (Wildman–Crippen LogP) is 4.92. The van der Waals surface area contributed by atoms with Gasteiger partial charge in [-0.05, 0) is 77.4 Å². The van der Waals surface area contributed by atoms with Crippen molar-refractivity contribution in [3.05, 3.63) is 104 Å². The summed E-state index contributed by atoms with van der Waals surface area (Å²) in [5.74, 6) is -1.78. The minimum Gasteiger partial charge on any atom is -0.444 e. The van der Waals surface area contributed by atoms with E-state index in [9.17, 15) is 23.6 Å². The molecule has 2 amide bonds. The number of likely N-dealkylation sites (tertiary alicyclic amines) is 1. The Bertz CT molecular complexity index is 2090. The van der Waals surface area contributed by atoms with Gasteiger partial charge in [0.2, 0.25) is 5.88 Å². The highest BCUT2D eigenvalue weighted by atomic mass is 19.1. The molecule has 1 N–H and O–H groups in total. The van der Waals surface area contributed by atoms with Crippen molar-refractivity contribution in [2.45, 2.75) is 59.2 Å². The van der Waals surface area contributed by atoms with E-state index in [2.05, 4.69) is 20.2 Å². The van der Waals surface area contributed by atoms with Crippen LogP contribution in [0, 0.1) is 17.6 Å². The first kappa shape index (κ1) is 35.4. The lowest BCUT2D eigenvalue weighted by atomic mass is 9.98. The molecule has 4 heterocycles. The van der Waals surface area contributed by atoms with Crippen molar-refractivity contribution < 1.29 is 27.8 Å². The van der Waals surface area contributed by atoms with Crippen LogP contribution in [0.4, 0.5) is 19.3 Å². The lowest BCUT2D eigenvalue weighted by Gasteiger charge is -2.42. The largest absolute Gasteiger partial charge is 0.444 e. The van der Waals surface area contributed by atoms with Gasteiger partial charge in [-0.25, -0.2) is 32.9 Å². The second kappa shape index (κ2) is 14.1. The van der Waals surface area contributed by atoms with Crippen LogP contribution in [0.5, 0.6) is 11.6 Å². The molecule has 0 spiro atoms. The number of benzene rings is 2. The van der Waals surface area contributed by atoms with Crippen LogP contribution >= 0.6 is 0 Å². The summed E-state index contributed by atoms with van der Waals surface area (Å²) >= 11 is 0. The van der Waals surface area contributed by atoms with Crippen LogP contribution in [0.15, 0.2) is 64.6 Å². The second-order valence-corrected chi connectivity index (χ2v) is 14.0. The molecule has 0 radical (unpaired) electrons. The molecule has 1 saturated heterocycles. The smallest absolute Gasteiger partial charge is 0.410 e. The summed E-state index contributed by atoms with van der Waals surface area (Å²) < 4.78 is 42.3. The third kappa shape index (κ3) is 7.83. The second-order valence-electron chi connectivity index (χ2n) is 14.0. The van der Waals surface area contributed by atoms with E-state index >= 15 is 4.39 Å². The summed E-state index contributed by atoms with van der Waals surface area (Å²) in [6.07, 6.45) is 2.80. The molecule has 1 fully saturated rings. The molecule has 0 unspecified atom stereocenters. The average molecular weight is 704 g/mol. The van der Waals surface area contributed by atoms with Gasteiger partial charge in [-0.3, -0.25) is 19.1 Å². The van der Waals surface area contributed by atoms with Crippen LogP contribution in [-0.4, -0.2) is 72.7 Å². The summed E-state index contributed by atoms with van der Waals surface area (Å²) in [6.45, 7) is 12.3. The molecule has 2 aromatic heterocycles. The molecule has 2 aliphatic heterocycles. The zero-order valence-corrected chi connectivity index (χ0v) is 29.0. The van der Waals surface area contributed by atoms with E-state index in [0.29, 0.717) is 38.5 Å². The Hall–Kier alpha value is -5.44. The van der Waals surface area contributed by atoms with Gasteiger partial charge >= 0.3 is 11.8 Å². The highest BCUT2D eigenvalue weighted by molar-refractivity contribution is 6.03.